The van der Waals surface area contributed by atoms with Crippen LogP contribution < -0.4 is 5.32 Å². The van der Waals surface area contributed by atoms with E-state index in [4.69, 9.17) is 16.7 Å². The number of aryl methyl sites for hydroxylation is 1. The highest BCUT2D eigenvalue weighted by atomic mass is 35.5. The van der Waals surface area contributed by atoms with Gasteiger partial charge in [-0.05, 0) is 43.5 Å². The van der Waals surface area contributed by atoms with Gasteiger partial charge in [-0.1, -0.05) is 11.6 Å². The van der Waals surface area contributed by atoms with Gasteiger partial charge in [0, 0.05) is 23.7 Å². The first-order valence-corrected chi connectivity index (χ1v) is 5.68. The molecule has 0 aliphatic carbocycles. The van der Waals surface area contributed by atoms with E-state index in [0.717, 1.165) is 12.0 Å². The van der Waals surface area contributed by atoms with Crippen LogP contribution in [0.15, 0.2) is 18.2 Å². The first kappa shape index (κ1) is 13.0. The van der Waals surface area contributed by atoms with Crippen LogP contribution >= 0.6 is 11.6 Å². The van der Waals surface area contributed by atoms with Crippen molar-refractivity contribution in [3.8, 4) is 0 Å². The van der Waals surface area contributed by atoms with Crippen molar-refractivity contribution in [2.75, 3.05) is 13.2 Å². The maximum Gasteiger partial charge on any atom is 0.251 e. The molecule has 16 heavy (non-hydrogen) atoms. The average molecular weight is 242 g/mol. The summed E-state index contributed by atoms with van der Waals surface area (Å²) in [6.07, 6.45) is 1.49. The number of aliphatic hydroxyl groups excluding tert-OH is 1. The number of amides is 1. The van der Waals surface area contributed by atoms with E-state index in [1.807, 2.05) is 6.92 Å². The topological polar surface area (TPSA) is 49.3 Å². The fourth-order valence-corrected chi connectivity index (χ4v) is 1.64. The second kappa shape index (κ2) is 6.51. The first-order valence-electron chi connectivity index (χ1n) is 5.30. The van der Waals surface area contributed by atoms with Gasteiger partial charge in [0.25, 0.3) is 5.91 Å². The Bertz CT molecular complexity index is 366. The molecule has 1 aromatic carbocycles. The summed E-state index contributed by atoms with van der Waals surface area (Å²) in [4.78, 5) is 11.7. The molecule has 0 spiro atoms. The molecule has 0 atom stereocenters. The molecule has 0 saturated heterocycles. The summed E-state index contributed by atoms with van der Waals surface area (Å²) in [5.74, 6) is -0.0906. The summed E-state index contributed by atoms with van der Waals surface area (Å²) in [6, 6.07) is 5.19. The van der Waals surface area contributed by atoms with E-state index in [9.17, 15) is 4.79 Å². The first-order chi connectivity index (χ1) is 7.65. The number of benzene rings is 1. The Labute approximate surface area is 100 Å². The highest BCUT2D eigenvalue weighted by Crippen LogP contribution is 2.14. The second-order valence-electron chi connectivity index (χ2n) is 3.65. The molecule has 0 radical (unpaired) electrons. The summed E-state index contributed by atoms with van der Waals surface area (Å²) >= 11 is 5.81. The summed E-state index contributed by atoms with van der Waals surface area (Å²) in [7, 11) is 0. The molecule has 2 N–H and O–H groups in total. The predicted octanol–water partition coefficient (Wildman–Crippen LogP) is 2.15. The minimum atomic E-state index is -0.0906. The summed E-state index contributed by atoms with van der Waals surface area (Å²) in [5, 5.41) is 12.0. The lowest BCUT2D eigenvalue weighted by molar-refractivity contribution is 0.0951. The van der Waals surface area contributed by atoms with Crippen molar-refractivity contribution in [2.45, 2.75) is 19.8 Å². The van der Waals surface area contributed by atoms with Crippen molar-refractivity contribution < 1.29 is 9.90 Å². The second-order valence-corrected chi connectivity index (χ2v) is 4.08. The Kier molecular flexibility index (Phi) is 5.29. The van der Waals surface area contributed by atoms with Gasteiger partial charge in [-0.15, -0.1) is 0 Å². The lowest BCUT2D eigenvalue weighted by Gasteiger charge is -2.07. The number of aliphatic hydroxyl groups is 1. The van der Waals surface area contributed by atoms with Crippen LogP contribution in [0.3, 0.4) is 0 Å². The molecule has 0 fully saturated rings. The quantitative estimate of drug-likeness (QED) is 0.776. The van der Waals surface area contributed by atoms with Gasteiger partial charge in [-0.2, -0.15) is 0 Å². The molecule has 0 unspecified atom stereocenters. The van der Waals surface area contributed by atoms with Gasteiger partial charge in [0.15, 0.2) is 0 Å². The fourth-order valence-electron chi connectivity index (χ4n) is 1.42. The van der Waals surface area contributed by atoms with Gasteiger partial charge in [-0.25, -0.2) is 0 Å². The van der Waals surface area contributed by atoms with E-state index < -0.39 is 0 Å². The van der Waals surface area contributed by atoms with E-state index in [0.29, 0.717) is 23.6 Å². The minimum absolute atomic E-state index is 0.0906. The maximum atomic E-state index is 11.7. The number of halogens is 1. The van der Waals surface area contributed by atoms with E-state index >= 15 is 0 Å². The van der Waals surface area contributed by atoms with Crippen LogP contribution in [0.25, 0.3) is 0 Å². The number of hydrogen-bond acceptors (Lipinski definition) is 2. The predicted molar refractivity (Wildman–Crippen MR) is 64.8 cm³/mol. The molecular formula is C12H16ClNO2. The highest BCUT2D eigenvalue weighted by molar-refractivity contribution is 6.30. The number of carbonyl (C=O) groups excluding carboxylic acids is 1. The monoisotopic (exact) mass is 241 g/mol. The van der Waals surface area contributed by atoms with E-state index in [1.165, 1.54) is 0 Å². The van der Waals surface area contributed by atoms with Crippen LogP contribution in [-0.4, -0.2) is 24.2 Å². The largest absolute Gasteiger partial charge is 0.396 e. The van der Waals surface area contributed by atoms with Gasteiger partial charge in [0.1, 0.15) is 0 Å². The summed E-state index contributed by atoms with van der Waals surface area (Å²) in [5.41, 5.74) is 1.51. The zero-order chi connectivity index (χ0) is 12.0. The molecular weight excluding hydrogens is 226 g/mol. The van der Waals surface area contributed by atoms with Crippen LogP contribution in [0.2, 0.25) is 5.02 Å². The van der Waals surface area contributed by atoms with Gasteiger partial charge >= 0.3 is 0 Å². The number of rotatable bonds is 5. The normalized spacial score (nSPS) is 10.2. The van der Waals surface area contributed by atoms with Crippen LogP contribution in [0.1, 0.15) is 28.8 Å². The van der Waals surface area contributed by atoms with E-state index in [1.54, 1.807) is 18.2 Å². The Morgan fingerprint density at radius 2 is 2.19 bits per heavy atom. The number of hydrogen-bond donors (Lipinski definition) is 2. The standard InChI is InChI=1S/C12H16ClNO2/c1-9-8-10(13)4-5-11(9)12(16)14-6-2-3-7-15/h4-5,8,15H,2-3,6-7H2,1H3,(H,14,16). The molecule has 0 aliphatic rings. The van der Waals surface area contributed by atoms with Crippen molar-refractivity contribution >= 4 is 17.5 Å². The summed E-state index contributed by atoms with van der Waals surface area (Å²) < 4.78 is 0. The van der Waals surface area contributed by atoms with Crippen molar-refractivity contribution in [1.29, 1.82) is 0 Å². The van der Waals surface area contributed by atoms with Crippen LogP contribution in [0.4, 0.5) is 0 Å². The Morgan fingerprint density at radius 3 is 2.81 bits per heavy atom. The molecule has 3 nitrogen and oxygen atoms in total. The molecule has 0 aliphatic heterocycles. The van der Waals surface area contributed by atoms with Crippen molar-refractivity contribution in [3.63, 3.8) is 0 Å². The molecule has 1 rings (SSSR count). The Hall–Kier alpha value is -1.06. The lowest BCUT2D eigenvalue weighted by atomic mass is 10.1. The molecule has 0 saturated carbocycles. The number of carbonyl (C=O) groups is 1. The van der Waals surface area contributed by atoms with Gasteiger partial charge < -0.3 is 10.4 Å². The van der Waals surface area contributed by atoms with Crippen LogP contribution in [-0.2, 0) is 0 Å². The zero-order valence-electron chi connectivity index (χ0n) is 9.29. The maximum absolute atomic E-state index is 11.7. The number of unbranched alkanes of at least 4 members (excludes halogenated alkanes) is 1. The average Bonchev–Trinajstić information content (AvgIpc) is 2.24. The Balaban J connectivity index is 2.53. The van der Waals surface area contributed by atoms with Crippen molar-refractivity contribution in [1.82, 2.24) is 5.32 Å². The molecule has 1 amide bonds. The van der Waals surface area contributed by atoms with Gasteiger partial charge in [0.05, 0.1) is 0 Å². The zero-order valence-corrected chi connectivity index (χ0v) is 10.0. The Morgan fingerprint density at radius 1 is 1.44 bits per heavy atom. The van der Waals surface area contributed by atoms with E-state index in [2.05, 4.69) is 5.32 Å². The SMILES string of the molecule is Cc1cc(Cl)ccc1C(=O)NCCCCO. The molecule has 1 aromatic rings. The minimum Gasteiger partial charge on any atom is -0.396 e. The molecule has 0 heterocycles. The van der Waals surface area contributed by atoms with Crippen molar-refractivity contribution in [2.24, 2.45) is 0 Å². The molecule has 0 bridgehead atoms. The molecule has 88 valence electrons. The molecule has 4 heteroatoms. The fraction of sp³-hybridized carbons (Fsp3) is 0.417. The summed E-state index contributed by atoms with van der Waals surface area (Å²) in [6.45, 7) is 2.60. The molecule has 0 aromatic heterocycles. The highest BCUT2D eigenvalue weighted by Gasteiger charge is 2.07. The van der Waals surface area contributed by atoms with E-state index in [-0.39, 0.29) is 12.5 Å². The smallest absolute Gasteiger partial charge is 0.251 e. The van der Waals surface area contributed by atoms with Crippen LogP contribution in [0, 0.1) is 6.92 Å². The van der Waals surface area contributed by atoms with Gasteiger partial charge in [0.2, 0.25) is 0 Å². The third-order valence-corrected chi connectivity index (χ3v) is 2.54. The number of nitrogens with one attached hydrogen (secondary N) is 1. The third kappa shape index (κ3) is 3.83. The van der Waals surface area contributed by atoms with Gasteiger partial charge in [-0.3, -0.25) is 4.79 Å². The lowest BCUT2D eigenvalue weighted by Crippen LogP contribution is -2.25. The van der Waals surface area contributed by atoms with Crippen LogP contribution in [0.5, 0.6) is 0 Å². The third-order valence-electron chi connectivity index (χ3n) is 2.30. The van der Waals surface area contributed by atoms with Crippen molar-refractivity contribution in [3.05, 3.63) is 34.3 Å².